The van der Waals surface area contributed by atoms with Gasteiger partial charge in [-0.3, -0.25) is 4.79 Å². The minimum Gasteiger partial charge on any atom is -0.357 e. The molecule has 5 rings (SSSR count). The van der Waals surface area contributed by atoms with Crippen LogP contribution < -0.4 is 5.32 Å². The summed E-state index contributed by atoms with van der Waals surface area (Å²) in [5, 5.41) is 5.19. The first-order valence-electron chi connectivity index (χ1n) is 10.4. The molecule has 1 aromatic heterocycles. The zero-order valence-electron chi connectivity index (χ0n) is 16.6. The maximum absolute atomic E-state index is 13.5. The second kappa shape index (κ2) is 8.00. The molecule has 0 saturated carbocycles. The summed E-state index contributed by atoms with van der Waals surface area (Å²) in [6, 6.07) is 26.0. The van der Waals surface area contributed by atoms with Crippen LogP contribution in [0.3, 0.4) is 0 Å². The van der Waals surface area contributed by atoms with Crippen molar-refractivity contribution in [2.75, 3.05) is 0 Å². The molecule has 3 nitrogen and oxygen atoms in total. The monoisotopic (exact) mass is 414 g/mol. The quantitative estimate of drug-likeness (QED) is 0.413. The Bertz CT molecular complexity index is 1140. The fourth-order valence-corrected chi connectivity index (χ4v) is 4.76. The molecular weight excluding hydrogens is 392 g/mol. The number of fused-ring (bicyclic) bond motifs is 3. The molecule has 1 atom stereocenters. The molecule has 4 heteroatoms. The Morgan fingerprint density at radius 1 is 0.967 bits per heavy atom. The Morgan fingerprint density at radius 3 is 2.30 bits per heavy atom. The third kappa shape index (κ3) is 3.50. The Kier molecular flexibility index (Phi) is 5.06. The average molecular weight is 415 g/mol. The molecule has 3 aromatic carbocycles. The van der Waals surface area contributed by atoms with Crippen LogP contribution in [-0.2, 0) is 11.2 Å². The van der Waals surface area contributed by atoms with Crippen LogP contribution in [0.25, 0.3) is 10.9 Å². The van der Waals surface area contributed by atoms with Crippen molar-refractivity contribution in [3.05, 3.63) is 106 Å². The van der Waals surface area contributed by atoms with E-state index >= 15 is 0 Å². The lowest BCUT2D eigenvalue weighted by atomic mass is 9.85. The molecule has 1 aliphatic rings. The lowest BCUT2D eigenvalue weighted by molar-refractivity contribution is -0.123. The molecule has 0 spiro atoms. The molecule has 1 heterocycles. The van der Waals surface area contributed by atoms with Gasteiger partial charge >= 0.3 is 0 Å². The normalized spacial score (nSPS) is 15.9. The molecule has 0 radical (unpaired) electrons. The number of H-pyrrole nitrogens is 1. The van der Waals surface area contributed by atoms with Gasteiger partial charge in [0, 0.05) is 21.6 Å². The van der Waals surface area contributed by atoms with Gasteiger partial charge in [0.05, 0.1) is 12.0 Å². The van der Waals surface area contributed by atoms with Gasteiger partial charge < -0.3 is 10.3 Å². The van der Waals surface area contributed by atoms with E-state index in [9.17, 15) is 4.79 Å². The number of aromatic amines is 1. The summed E-state index contributed by atoms with van der Waals surface area (Å²) in [6.07, 6.45) is 2.81. The Balaban J connectivity index is 1.49. The van der Waals surface area contributed by atoms with Gasteiger partial charge in [-0.2, -0.15) is 0 Å². The van der Waals surface area contributed by atoms with E-state index in [1.54, 1.807) is 0 Å². The summed E-state index contributed by atoms with van der Waals surface area (Å²) in [5.74, 6) is -0.124. The number of aryl methyl sites for hydroxylation is 1. The third-order valence-electron chi connectivity index (χ3n) is 6.04. The van der Waals surface area contributed by atoms with Crippen LogP contribution in [0.2, 0.25) is 5.02 Å². The first-order valence-corrected chi connectivity index (χ1v) is 10.8. The standard InChI is InChI=1S/C26H23ClN2O/c27-19-14-15-23-22(16-19)20-12-7-13-21(25(20)28-23)26(30)29-24(17-8-3-1-4-9-17)18-10-5-2-6-11-18/h1-6,8-11,14-16,21,24,28H,7,12-13H2,(H,29,30). The van der Waals surface area contributed by atoms with Gasteiger partial charge in [0.1, 0.15) is 0 Å². The van der Waals surface area contributed by atoms with Crippen molar-refractivity contribution in [1.82, 2.24) is 10.3 Å². The first-order chi connectivity index (χ1) is 14.7. The van der Waals surface area contributed by atoms with E-state index in [-0.39, 0.29) is 17.9 Å². The zero-order valence-corrected chi connectivity index (χ0v) is 17.3. The summed E-state index contributed by atoms with van der Waals surface area (Å²) in [7, 11) is 0. The molecule has 0 aliphatic heterocycles. The predicted octanol–water partition coefficient (Wildman–Crippen LogP) is 6.15. The third-order valence-corrected chi connectivity index (χ3v) is 6.27. The largest absolute Gasteiger partial charge is 0.357 e. The molecular formula is C26H23ClN2O. The van der Waals surface area contributed by atoms with Gasteiger partial charge in [-0.25, -0.2) is 0 Å². The number of aromatic nitrogens is 1. The lowest BCUT2D eigenvalue weighted by Gasteiger charge is -2.26. The molecule has 4 aromatic rings. The number of amides is 1. The highest BCUT2D eigenvalue weighted by molar-refractivity contribution is 6.31. The number of halogens is 1. The fraction of sp³-hybridized carbons (Fsp3) is 0.192. The van der Waals surface area contributed by atoms with Gasteiger partial charge in [0.15, 0.2) is 0 Å². The second-order valence-corrected chi connectivity index (χ2v) is 8.35. The summed E-state index contributed by atoms with van der Waals surface area (Å²) in [4.78, 5) is 17.0. The first kappa shape index (κ1) is 19.0. The predicted molar refractivity (Wildman–Crippen MR) is 122 cm³/mol. The second-order valence-electron chi connectivity index (χ2n) is 7.91. The Hall–Kier alpha value is -3.04. The highest BCUT2D eigenvalue weighted by Gasteiger charge is 2.31. The van der Waals surface area contributed by atoms with Crippen LogP contribution in [0.15, 0.2) is 78.9 Å². The Morgan fingerprint density at radius 2 is 1.63 bits per heavy atom. The van der Waals surface area contributed by atoms with Crippen molar-refractivity contribution in [2.24, 2.45) is 0 Å². The molecule has 1 unspecified atom stereocenters. The highest BCUT2D eigenvalue weighted by atomic mass is 35.5. The maximum atomic E-state index is 13.5. The lowest BCUT2D eigenvalue weighted by Crippen LogP contribution is -2.35. The van der Waals surface area contributed by atoms with Crippen LogP contribution in [0, 0.1) is 0 Å². The highest BCUT2D eigenvalue weighted by Crippen LogP contribution is 2.37. The van der Waals surface area contributed by atoms with Gasteiger partial charge in [0.2, 0.25) is 5.91 Å². The van der Waals surface area contributed by atoms with Crippen molar-refractivity contribution >= 4 is 28.4 Å². The minimum atomic E-state index is -0.185. The summed E-state index contributed by atoms with van der Waals surface area (Å²) in [6.45, 7) is 0. The van der Waals surface area contributed by atoms with Crippen molar-refractivity contribution in [1.29, 1.82) is 0 Å². The molecule has 1 aliphatic carbocycles. The van der Waals surface area contributed by atoms with Gasteiger partial charge in [-0.15, -0.1) is 0 Å². The minimum absolute atomic E-state index is 0.0614. The van der Waals surface area contributed by atoms with E-state index in [0.29, 0.717) is 0 Å². The van der Waals surface area contributed by atoms with Crippen molar-refractivity contribution in [2.45, 2.75) is 31.2 Å². The molecule has 0 fully saturated rings. The number of carbonyl (C=O) groups is 1. The van der Waals surface area contributed by atoms with E-state index in [4.69, 9.17) is 11.6 Å². The summed E-state index contributed by atoms with van der Waals surface area (Å²) >= 11 is 6.23. The zero-order chi connectivity index (χ0) is 20.5. The maximum Gasteiger partial charge on any atom is 0.229 e. The van der Waals surface area contributed by atoms with Gasteiger partial charge in [-0.1, -0.05) is 72.3 Å². The van der Waals surface area contributed by atoms with E-state index in [0.717, 1.165) is 52.0 Å². The van der Waals surface area contributed by atoms with Crippen LogP contribution >= 0.6 is 11.6 Å². The van der Waals surface area contributed by atoms with E-state index < -0.39 is 0 Å². The summed E-state index contributed by atoms with van der Waals surface area (Å²) < 4.78 is 0. The Labute approximate surface area is 181 Å². The SMILES string of the molecule is O=C(NC(c1ccccc1)c1ccccc1)C1CCCc2c1[nH]c1ccc(Cl)cc21. The number of nitrogens with one attached hydrogen (secondary N) is 2. The van der Waals surface area contributed by atoms with E-state index in [2.05, 4.69) is 34.6 Å². The molecule has 2 N–H and O–H groups in total. The van der Waals surface area contributed by atoms with E-state index in [1.165, 1.54) is 5.56 Å². The number of rotatable bonds is 4. The fourth-order valence-electron chi connectivity index (χ4n) is 4.59. The van der Waals surface area contributed by atoms with Crippen LogP contribution in [0.4, 0.5) is 0 Å². The molecule has 0 saturated heterocycles. The smallest absolute Gasteiger partial charge is 0.229 e. The molecule has 30 heavy (non-hydrogen) atoms. The topological polar surface area (TPSA) is 44.9 Å². The van der Waals surface area contributed by atoms with Gasteiger partial charge in [-0.05, 0) is 54.2 Å². The molecule has 1 amide bonds. The summed E-state index contributed by atoms with van der Waals surface area (Å²) in [5.41, 5.74) is 5.48. The average Bonchev–Trinajstić information content (AvgIpc) is 3.16. The van der Waals surface area contributed by atoms with Crippen molar-refractivity contribution in [3.8, 4) is 0 Å². The van der Waals surface area contributed by atoms with Crippen molar-refractivity contribution in [3.63, 3.8) is 0 Å². The molecule has 150 valence electrons. The van der Waals surface area contributed by atoms with E-state index in [1.807, 2.05) is 54.6 Å². The van der Waals surface area contributed by atoms with Gasteiger partial charge in [0.25, 0.3) is 0 Å². The van der Waals surface area contributed by atoms with Crippen LogP contribution in [0.1, 0.15) is 47.2 Å². The van der Waals surface area contributed by atoms with Crippen LogP contribution in [-0.4, -0.2) is 10.9 Å². The number of hydrogen-bond donors (Lipinski definition) is 2. The van der Waals surface area contributed by atoms with Crippen LogP contribution in [0.5, 0.6) is 0 Å². The van der Waals surface area contributed by atoms with Crippen molar-refractivity contribution < 1.29 is 4.79 Å². The number of hydrogen-bond acceptors (Lipinski definition) is 1. The molecule has 0 bridgehead atoms. The number of benzene rings is 3. The number of carbonyl (C=O) groups excluding carboxylic acids is 1.